The van der Waals surface area contributed by atoms with E-state index in [1.165, 1.54) is 162 Å². The first-order valence-electron chi connectivity index (χ1n) is 25.4. The molecule has 2 heteroatoms. The van der Waals surface area contributed by atoms with Crippen LogP contribution >= 0.6 is 0 Å². The Balaban J connectivity index is 0.943. The lowest BCUT2D eigenvalue weighted by Crippen LogP contribution is -2.54. The molecule has 0 radical (unpaired) electrons. The SMILES string of the molecule is Cc1cc2c(cc1-c1ccc3c(c1)C(C)(C)c1c-3c3ccccc3c3cc(-c4cc5c(cc4C)N(c4ccccc4)C4(C)CCCCC54C)ccc13)C1(C)CCCCC1(C)N2c1ccccc1. The molecule has 8 aromatic carbocycles. The van der Waals surface area contributed by atoms with Gasteiger partial charge in [0, 0.05) is 39.0 Å². The van der Waals surface area contributed by atoms with Crippen LogP contribution in [0.1, 0.15) is 126 Å². The number of hydrogen-bond donors (Lipinski definition) is 0. The molecule has 0 N–H and O–H groups in total. The molecule has 2 fully saturated rings. The van der Waals surface area contributed by atoms with Crippen LogP contribution in [0.15, 0.2) is 146 Å². The predicted octanol–water partition coefficient (Wildman–Crippen LogP) is 17.7. The third-order valence-electron chi connectivity index (χ3n) is 19.2. The van der Waals surface area contributed by atoms with E-state index in [4.69, 9.17) is 0 Å². The number of hydrogen-bond acceptors (Lipinski definition) is 2. The van der Waals surface area contributed by atoms with E-state index in [2.05, 4.69) is 211 Å². The second kappa shape index (κ2) is 14.0. The lowest BCUT2D eigenvalue weighted by molar-refractivity contribution is 0.195. The second-order valence-electron chi connectivity index (χ2n) is 22.8. The van der Waals surface area contributed by atoms with Crippen LogP contribution in [0, 0.1) is 13.8 Å². The Kier molecular flexibility index (Phi) is 8.57. The molecule has 0 spiro atoms. The Hall–Kier alpha value is -6.12. The average Bonchev–Trinajstić information content (AvgIpc) is 3.79. The maximum absolute atomic E-state index is 2.71. The van der Waals surface area contributed by atoms with E-state index >= 15 is 0 Å². The molecule has 334 valence electrons. The molecule has 3 aliphatic carbocycles. The summed E-state index contributed by atoms with van der Waals surface area (Å²) in [6.45, 7) is 19.9. The van der Waals surface area contributed by atoms with Crippen LogP contribution < -0.4 is 9.80 Å². The number of benzene rings is 8. The molecular weight excluding hydrogens is 809 g/mol. The minimum absolute atomic E-state index is 0.0262. The Morgan fingerprint density at radius 3 is 1.42 bits per heavy atom. The largest absolute Gasteiger partial charge is 0.334 e. The highest BCUT2D eigenvalue weighted by Gasteiger charge is 2.59. The van der Waals surface area contributed by atoms with Crippen molar-refractivity contribution in [2.24, 2.45) is 0 Å². The molecule has 4 atom stereocenters. The molecule has 2 saturated carbocycles. The Bertz CT molecular complexity index is 3380. The fourth-order valence-corrected chi connectivity index (χ4v) is 15.2. The molecule has 67 heavy (non-hydrogen) atoms. The smallest absolute Gasteiger partial charge is 0.0517 e. The molecule has 0 bridgehead atoms. The Labute approximate surface area is 398 Å². The summed E-state index contributed by atoms with van der Waals surface area (Å²) in [5, 5.41) is 5.43. The molecule has 0 amide bonds. The zero-order chi connectivity index (χ0) is 45.8. The van der Waals surface area contributed by atoms with Crippen molar-refractivity contribution >= 4 is 44.3 Å². The number of rotatable bonds is 4. The summed E-state index contributed by atoms with van der Waals surface area (Å²) in [5.41, 5.74) is 22.2. The maximum Gasteiger partial charge on any atom is 0.0517 e. The van der Waals surface area contributed by atoms with Gasteiger partial charge in [-0.2, -0.15) is 0 Å². The standard InChI is InChI=1S/C65H64N2/c1-41-35-57-55(62(5)31-17-19-33-64(62,7)66(57)45-21-11-9-12-22-45)39-51(41)43-27-29-49-53(37-43)47-25-15-16-26-48(47)59-50-30-28-44(38-54(50)61(3,4)60(49)59)52-40-56-58(36-42(52)2)67(46-23-13-10-14-24-46)65(8)34-20-18-32-63(56,65)6/h9-16,21-30,35-40H,17-20,31-34H2,1-8H3. The normalized spacial score (nSPS) is 25.4. The molecule has 0 aromatic heterocycles. The number of aryl methyl sites for hydroxylation is 2. The van der Waals surface area contributed by atoms with Crippen LogP contribution in [0.4, 0.5) is 22.7 Å². The highest BCUT2D eigenvalue weighted by atomic mass is 15.3. The summed E-state index contributed by atoms with van der Waals surface area (Å²) >= 11 is 0. The van der Waals surface area contributed by atoms with Gasteiger partial charge in [-0.3, -0.25) is 0 Å². The average molecular weight is 873 g/mol. The summed E-state index contributed by atoms with van der Waals surface area (Å²) in [6.07, 6.45) is 9.96. The van der Waals surface area contributed by atoms with Crippen molar-refractivity contribution in [1.29, 1.82) is 0 Å². The predicted molar refractivity (Wildman–Crippen MR) is 285 cm³/mol. The number of para-hydroxylation sites is 2. The van der Waals surface area contributed by atoms with Crippen LogP contribution in [0.3, 0.4) is 0 Å². The highest BCUT2D eigenvalue weighted by Crippen LogP contribution is 2.64. The van der Waals surface area contributed by atoms with Gasteiger partial charge in [-0.05, 0) is 202 Å². The van der Waals surface area contributed by atoms with Crippen molar-refractivity contribution in [3.63, 3.8) is 0 Å². The monoisotopic (exact) mass is 873 g/mol. The molecule has 2 aliphatic heterocycles. The molecule has 4 unspecified atom stereocenters. The molecule has 0 saturated heterocycles. The van der Waals surface area contributed by atoms with Gasteiger partial charge in [0.25, 0.3) is 0 Å². The van der Waals surface area contributed by atoms with Gasteiger partial charge in [-0.25, -0.2) is 0 Å². The van der Waals surface area contributed by atoms with Crippen LogP contribution in [0.2, 0.25) is 0 Å². The third-order valence-corrected chi connectivity index (χ3v) is 19.2. The van der Waals surface area contributed by atoms with Crippen LogP contribution in [0.25, 0.3) is 54.9 Å². The van der Waals surface area contributed by atoms with E-state index in [0.29, 0.717) is 0 Å². The molecule has 8 aromatic rings. The van der Waals surface area contributed by atoms with Crippen molar-refractivity contribution in [2.75, 3.05) is 9.80 Å². The first kappa shape index (κ1) is 41.1. The second-order valence-corrected chi connectivity index (χ2v) is 22.8. The number of fused-ring (bicyclic) bond motifs is 14. The van der Waals surface area contributed by atoms with Gasteiger partial charge in [0.2, 0.25) is 0 Å². The summed E-state index contributed by atoms with van der Waals surface area (Å²) < 4.78 is 0. The quantitative estimate of drug-likeness (QED) is 0.163. The zero-order valence-corrected chi connectivity index (χ0v) is 40.9. The minimum atomic E-state index is -0.197. The van der Waals surface area contributed by atoms with Crippen molar-refractivity contribution in [3.8, 4) is 33.4 Å². The lowest BCUT2D eigenvalue weighted by atomic mass is 9.61. The van der Waals surface area contributed by atoms with Crippen molar-refractivity contribution in [3.05, 3.63) is 179 Å². The Morgan fingerprint density at radius 1 is 0.388 bits per heavy atom. The molecule has 5 aliphatic rings. The van der Waals surface area contributed by atoms with Crippen molar-refractivity contribution in [2.45, 2.75) is 134 Å². The number of nitrogens with zero attached hydrogens (tertiary/aromatic N) is 2. The topological polar surface area (TPSA) is 6.48 Å². The first-order valence-corrected chi connectivity index (χ1v) is 25.4. The minimum Gasteiger partial charge on any atom is -0.334 e. The summed E-state index contributed by atoms with van der Waals surface area (Å²) in [7, 11) is 0. The van der Waals surface area contributed by atoms with Crippen LogP contribution in [0.5, 0.6) is 0 Å². The van der Waals surface area contributed by atoms with E-state index in [9.17, 15) is 0 Å². The summed E-state index contributed by atoms with van der Waals surface area (Å²) in [4.78, 5) is 5.41. The van der Waals surface area contributed by atoms with Gasteiger partial charge < -0.3 is 9.80 Å². The Morgan fingerprint density at radius 2 is 0.866 bits per heavy atom. The maximum atomic E-state index is 2.71. The summed E-state index contributed by atoms with van der Waals surface area (Å²) in [6, 6.07) is 56.7. The fraction of sp³-hybridized carbons (Fsp3) is 0.323. The van der Waals surface area contributed by atoms with Gasteiger partial charge in [0.05, 0.1) is 11.1 Å². The van der Waals surface area contributed by atoms with Crippen LogP contribution in [-0.2, 0) is 16.2 Å². The highest BCUT2D eigenvalue weighted by molar-refractivity contribution is 6.19. The van der Waals surface area contributed by atoms with E-state index in [-0.39, 0.29) is 27.3 Å². The van der Waals surface area contributed by atoms with Crippen LogP contribution in [-0.4, -0.2) is 11.1 Å². The summed E-state index contributed by atoms with van der Waals surface area (Å²) in [5.74, 6) is 0. The van der Waals surface area contributed by atoms with Gasteiger partial charge >= 0.3 is 0 Å². The molecular formula is C65H64N2. The van der Waals surface area contributed by atoms with Gasteiger partial charge in [0.1, 0.15) is 0 Å². The van der Waals surface area contributed by atoms with E-state index in [1.54, 1.807) is 0 Å². The van der Waals surface area contributed by atoms with Gasteiger partial charge in [-0.15, -0.1) is 0 Å². The van der Waals surface area contributed by atoms with E-state index in [1.807, 2.05) is 0 Å². The van der Waals surface area contributed by atoms with Gasteiger partial charge in [0.15, 0.2) is 0 Å². The first-order chi connectivity index (χ1) is 32.3. The van der Waals surface area contributed by atoms with E-state index < -0.39 is 0 Å². The number of anilines is 4. The van der Waals surface area contributed by atoms with Gasteiger partial charge in [-0.1, -0.05) is 138 Å². The molecule has 2 nitrogen and oxygen atoms in total. The molecule has 13 rings (SSSR count). The molecule has 2 heterocycles. The lowest BCUT2D eigenvalue weighted by Gasteiger charge is -2.50. The zero-order valence-electron chi connectivity index (χ0n) is 40.9. The third kappa shape index (κ3) is 5.28. The van der Waals surface area contributed by atoms with E-state index in [0.717, 1.165) is 0 Å². The van der Waals surface area contributed by atoms with Crippen molar-refractivity contribution in [1.82, 2.24) is 0 Å². The fourth-order valence-electron chi connectivity index (χ4n) is 15.2. The van der Waals surface area contributed by atoms with Crippen molar-refractivity contribution < 1.29 is 0 Å².